The molecule has 0 aliphatic carbocycles. The first-order chi connectivity index (χ1) is 8.47. The molecule has 0 aromatic heterocycles. The molecule has 1 nitrogen and oxygen atoms in total. The summed E-state index contributed by atoms with van der Waals surface area (Å²) in [5, 5.41) is 1.57. The molecule has 1 atom stereocenters. The van der Waals surface area contributed by atoms with Crippen LogP contribution < -0.4 is 5.19 Å². The fourth-order valence-corrected chi connectivity index (χ4v) is 3.90. The Kier molecular flexibility index (Phi) is 4.28. The molecule has 1 aromatic rings. The van der Waals surface area contributed by atoms with Crippen molar-refractivity contribution in [3.05, 3.63) is 29.8 Å². The second kappa shape index (κ2) is 5.58. The number of hydrogen-bond donors (Lipinski definition) is 0. The molecule has 0 bridgehead atoms. The molecular formula is C16H27NSi. The van der Waals surface area contributed by atoms with Crippen LogP contribution in [0.2, 0.25) is 19.6 Å². The maximum atomic E-state index is 2.63. The third-order valence-electron chi connectivity index (χ3n) is 4.15. The van der Waals surface area contributed by atoms with E-state index in [2.05, 4.69) is 55.7 Å². The second-order valence-electron chi connectivity index (χ2n) is 6.76. The molecule has 1 fully saturated rings. The maximum absolute atomic E-state index is 2.63. The van der Waals surface area contributed by atoms with Crippen LogP contribution >= 0.6 is 0 Å². The van der Waals surface area contributed by atoms with Gasteiger partial charge in [0.25, 0.3) is 0 Å². The average molecular weight is 261 g/mol. The lowest BCUT2D eigenvalue weighted by Crippen LogP contribution is -2.38. The Balaban J connectivity index is 2.02. The molecule has 1 unspecified atom stereocenters. The summed E-state index contributed by atoms with van der Waals surface area (Å²) in [4.78, 5) is 2.63. The largest absolute Gasteiger partial charge is 0.296 e. The SMILES string of the molecule is CC1CCCCN1Cc1ccc([Si](C)(C)C)cc1. The van der Waals surface area contributed by atoms with Crippen molar-refractivity contribution in [1.82, 2.24) is 4.90 Å². The number of benzene rings is 1. The zero-order chi connectivity index (χ0) is 13.2. The Labute approximate surface area is 113 Å². The summed E-state index contributed by atoms with van der Waals surface area (Å²) in [6, 6.07) is 10.2. The Morgan fingerprint density at radius 1 is 1.11 bits per heavy atom. The Hall–Kier alpha value is -0.603. The van der Waals surface area contributed by atoms with Crippen molar-refractivity contribution in [2.24, 2.45) is 0 Å². The van der Waals surface area contributed by atoms with Gasteiger partial charge in [-0.3, -0.25) is 4.90 Å². The molecule has 0 saturated carbocycles. The first-order valence-electron chi connectivity index (χ1n) is 7.30. The summed E-state index contributed by atoms with van der Waals surface area (Å²) < 4.78 is 0. The number of piperidine rings is 1. The van der Waals surface area contributed by atoms with Crippen molar-refractivity contribution < 1.29 is 0 Å². The van der Waals surface area contributed by atoms with Gasteiger partial charge in [0.2, 0.25) is 0 Å². The van der Waals surface area contributed by atoms with Gasteiger partial charge >= 0.3 is 0 Å². The van der Waals surface area contributed by atoms with Gasteiger partial charge in [-0.2, -0.15) is 0 Å². The van der Waals surface area contributed by atoms with Gasteiger partial charge in [-0.25, -0.2) is 0 Å². The smallest absolute Gasteiger partial charge is 0.0775 e. The molecule has 100 valence electrons. The lowest BCUT2D eigenvalue weighted by Gasteiger charge is -2.33. The van der Waals surface area contributed by atoms with Crippen LogP contribution in [0.4, 0.5) is 0 Å². The molecule has 0 N–H and O–H groups in total. The van der Waals surface area contributed by atoms with Crippen LogP contribution in [-0.4, -0.2) is 25.6 Å². The summed E-state index contributed by atoms with van der Waals surface area (Å²) in [6.45, 7) is 12.0. The van der Waals surface area contributed by atoms with Gasteiger partial charge in [-0.15, -0.1) is 0 Å². The van der Waals surface area contributed by atoms with Gasteiger partial charge in [-0.1, -0.05) is 55.5 Å². The molecule has 1 heterocycles. The topological polar surface area (TPSA) is 3.24 Å². The van der Waals surface area contributed by atoms with Gasteiger partial charge in [0.05, 0.1) is 8.07 Å². The van der Waals surface area contributed by atoms with Crippen LogP contribution in [0.5, 0.6) is 0 Å². The van der Waals surface area contributed by atoms with Gasteiger partial charge in [0.1, 0.15) is 0 Å². The lowest BCUT2D eigenvalue weighted by atomic mass is 10.0. The van der Waals surface area contributed by atoms with Crippen molar-refractivity contribution in [2.75, 3.05) is 6.54 Å². The van der Waals surface area contributed by atoms with E-state index in [9.17, 15) is 0 Å². The fraction of sp³-hybridized carbons (Fsp3) is 0.625. The normalized spacial score (nSPS) is 22.1. The van der Waals surface area contributed by atoms with E-state index in [0.29, 0.717) is 0 Å². The van der Waals surface area contributed by atoms with E-state index in [1.165, 1.54) is 31.4 Å². The Morgan fingerprint density at radius 3 is 2.33 bits per heavy atom. The molecule has 0 spiro atoms. The molecular weight excluding hydrogens is 234 g/mol. The molecule has 1 aliphatic rings. The fourth-order valence-electron chi connectivity index (χ4n) is 2.74. The molecule has 1 aromatic carbocycles. The number of likely N-dealkylation sites (tertiary alicyclic amines) is 1. The molecule has 2 heteroatoms. The van der Waals surface area contributed by atoms with Crippen LogP contribution in [0.3, 0.4) is 0 Å². The zero-order valence-electron chi connectivity index (χ0n) is 12.4. The molecule has 0 amide bonds. The van der Waals surface area contributed by atoms with E-state index in [-0.39, 0.29) is 0 Å². The van der Waals surface area contributed by atoms with Crippen molar-refractivity contribution in [3.8, 4) is 0 Å². The maximum Gasteiger partial charge on any atom is 0.0775 e. The monoisotopic (exact) mass is 261 g/mol. The highest BCUT2D eigenvalue weighted by atomic mass is 28.3. The predicted molar refractivity (Wildman–Crippen MR) is 83.1 cm³/mol. The molecule has 18 heavy (non-hydrogen) atoms. The van der Waals surface area contributed by atoms with Crippen molar-refractivity contribution >= 4 is 13.3 Å². The Bertz CT molecular complexity index is 377. The Morgan fingerprint density at radius 2 is 1.78 bits per heavy atom. The van der Waals surface area contributed by atoms with Crippen molar-refractivity contribution in [1.29, 1.82) is 0 Å². The second-order valence-corrected chi connectivity index (χ2v) is 11.8. The molecule has 1 saturated heterocycles. The van der Waals surface area contributed by atoms with Gasteiger partial charge in [-0.05, 0) is 31.9 Å². The summed E-state index contributed by atoms with van der Waals surface area (Å²) in [5.74, 6) is 0. The predicted octanol–water partition coefficient (Wildman–Crippen LogP) is 3.61. The van der Waals surface area contributed by atoms with E-state index in [1.807, 2.05) is 0 Å². The standard InChI is InChI=1S/C16H27NSi/c1-14-7-5-6-12-17(14)13-15-8-10-16(11-9-15)18(2,3)4/h8-11,14H,5-7,12-13H2,1-4H3. The van der Waals surface area contributed by atoms with Crippen LogP contribution in [0, 0.1) is 0 Å². The minimum Gasteiger partial charge on any atom is -0.296 e. The van der Waals surface area contributed by atoms with E-state index in [1.54, 1.807) is 5.19 Å². The highest BCUT2D eigenvalue weighted by molar-refractivity contribution is 6.88. The van der Waals surface area contributed by atoms with Gasteiger partial charge in [0.15, 0.2) is 0 Å². The summed E-state index contributed by atoms with van der Waals surface area (Å²) in [5.41, 5.74) is 1.48. The van der Waals surface area contributed by atoms with Crippen LogP contribution in [-0.2, 0) is 6.54 Å². The third-order valence-corrected chi connectivity index (χ3v) is 6.21. The zero-order valence-corrected chi connectivity index (χ0v) is 13.4. The van der Waals surface area contributed by atoms with Gasteiger partial charge in [0, 0.05) is 12.6 Å². The first-order valence-corrected chi connectivity index (χ1v) is 10.8. The first kappa shape index (κ1) is 13.8. The van der Waals surface area contributed by atoms with Crippen molar-refractivity contribution in [2.45, 2.75) is 58.4 Å². The van der Waals surface area contributed by atoms with Gasteiger partial charge < -0.3 is 0 Å². The highest BCUT2D eigenvalue weighted by Gasteiger charge is 2.19. The summed E-state index contributed by atoms with van der Waals surface area (Å²) in [6.07, 6.45) is 4.15. The number of hydrogen-bond acceptors (Lipinski definition) is 1. The van der Waals surface area contributed by atoms with Crippen molar-refractivity contribution in [3.63, 3.8) is 0 Å². The van der Waals surface area contributed by atoms with E-state index < -0.39 is 8.07 Å². The third kappa shape index (κ3) is 3.45. The minimum absolute atomic E-state index is 0.760. The summed E-state index contributed by atoms with van der Waals surface area (Å²) in [7, 11) is -1.14. The summed E-state index contributed by atoms with van der Waals surface area (Å²) >= 11 is 0. The average Bonchev–Trinajstić information content (AvgIpc) is 2.32. The molecule has 2 rings (SSSR count). The van der Waals surface area contributed by atoms with Crippen LogP contribution in [0.1, 0.15) is 31.7 Å². The molecule has 0 radical (unpaired) electrons. The quantitative estimate of drug-likeness (QED) is 0.751. The number of rotatable bonds is 3. The van der Waals surface area contributed by atoms with E-state index in [4.69, 9.17) is 0 Å². The van der Waals surface area contributed by atoms with Crippen LogP contribution in [0.15, 0.2) is 24.3 Å². The minimum atomic E-state index is -1.14. The van der Waals surface area contributed by atoms with E-state index >= 15 is 0 Å². The lowest BCUT2D eigenvalue weighted by molar-refractivity contribution is 0.152. The highest BCUT2D eigenvalue weighted by Crippen LogP contribution is 2.19. The van der Waals surface area contributed by atoms with E-state index in [0.717, 1.165) is 12.6 Å². The molecule has 1 aliphatic heterocycles. The number of nitrogens with zero attached hydrogens (tertiary/aromatic N) is 1. The van der Waals surface area contributed by atoms with Crippen LogP contribution in [0.25, 0.3) is 0 Å².